The van der Waals surface area contributed by atoms with Crippen molar-refractivity contribution in [3.05, 3.63) is 52.7 Å². The molecule has 3 aromatic rings. The predicted molar refractivity (Wildman–Crippen MR) is 84.5 cm³/mol. The number of nitrogens with zero attached hydrogens (tertiary/aromatic N) is 4. The summed E-state index contributed by atoms with van der Waals surface area (Å²) < 4.78 is 39.4. The van der Waals surface area contributed by atoms with Gasteiger partial charge in [-0.3, -0.25) is 9.36 Å². The van der Waals surface area contributed by atoms with E-state index < -0.39 is 30.8 Å². The maximum atomic E-state index is 12.4. The Morgan fingerprint density at radius 2 is 2.00 bits per heavy atom. The van der Waals surface area contributed by atoms with E-state index in [9.17, 15) is 23.1 Å². The molecule has 0 fully saturated rings. The van der Waals surface area contributed by atoms with E-state index in [-0.39, 0.29) is 5.39 Å². The van der Waals surface area contributed by atoms with Gasteiger partial charge >= 0.3 is 6.18 Å². The number of alkyl halides is 3. The van der Waals surface area contributed by atoms with Crippen LogP contribution in [0, 0.1) is 6.92 Å². The zero-order chi connectivity index (χ0) is 18.2. The molecule has 2 heterocycles. The van der Waals surface area contributed by atoms with Gasteiger partial charge in [-0.2, -0.15) is 18.3 Å². The van der Waals surface area contributed by atoms with Gasteiger partial charge in [-0.25, -0.2) is 9.67 Å². The molecule has 1 N–H and O–H groups in total. The van der Waals surface area contributed by atoms with Gasteiger partial charge in [0.25, 0.3) is 5.56 Å². The molecule has 0 spiro atoms. The van der Waals surface area contributed by atoms with Crippen LogP contribution < -0.4 is 5.56 Å². The van der Waals surface area contributed by atoms with Crippen LogP contribution in [0.5, 0.6) is 0 Å². The number of aliphatic hydroxyl groups is 1. The lowest BCUT2D eigenvalue weighted by molar-refractivity contribution is -0.154. The topological polar surface area (TPSA) is 72.9 Å². The van der Waals surface area contributed by atoms with Gasteiger partial charge in [-0.05, 0) is 18.6 Å². The molecule has 0 aliphatic rings. The van der Waals surface area contributed by atoms with E-state index in [2.05, 4.69) is 10.1 Å². The van der Waals surface area contributed by atoms with Crippen molar-refractivity contribution in [3.63, 3.8) is 0 Å². The van der Waals surface area contributed by atoms with Gasteiger partial charge in [0.1, 0.15) is 11.7 Å². The summed E-state index contributed by atoms with van der Waals surface area (Å²) in [4.78, 5) is 16.6. The molecule has 0 bridgehead atoms. The van der Waals surface area contributed by atoms with Crippen molar-refractivity contribution in [2.75, 3.05) is 0 Å². The molecule has 0 aliphatic heterocycles. The number of rotatable bonds is 4. The third-order valence-electron chi connectivity index (χ3n) is 3.77. The smallest absolute Gasteiger partial charge is 0.391 e. The summed E-state index contributed by atoms with van der Waals surface area (Å²) in [5.74, 6) is 0. The zero-order valence-corrected chi connectivity index (χ0v) is 13.2. The van der Waals surface area contributed by atoms with Crippen LogP contribution in [0.25, 0.3) is 16.7 Å². The number of hydrogen-bond donors (Lipinski definition) is 1. The first-order valence-corrected chi connectivity index (χ1v) is 7.50. The van der Waals surface area contributed by atoms with Crippen molar-refractivity contribution in [3.8, 4) is 5.69 Å². The van der Waals surface area contributed by atoms with E-state index in [4.69, 9.17) is 0 Å². The Morgan fingerprint density at radius 1 is 1.28 bits per heavy atom. The second kappa shape index (κ2) is 6.32. The van der Waals surface area contributed by atoms with Crippen molar-refractivity contribution in [1.82, 2.24) is 19.3 Å². The largest absolute Gasteiger partial charge is 0.391 e. The number of fused-ring (bicyclic) bond motifs is 1. The predicted octanol–water partition coefficient (Wildman–Crippen LogP) is 2.20. The Balaban J connectivity index is 1.97. The molecule has 0 radical (unpaired) electrons. The maximum absolute atomic E-state index is 12.4. The normalized spacial score (nSPS) is 13.3. The second-order valence-electron chi connectivity index (χ2n) is 5.76. The first-order valence-electron chi connectivity index (χ1n) is 7.50. The Labute approximate surface area is 140 Å². The van der Waals surface area contributed by atoms with Crippen LogP contribution in [-0.2, 0) is 6.54 Å². The van der Waals surface area contributed by atoms with Crippen molar-refractivity contribution in [2.24, 2.45) is 0 Å². The van der Waals surface area contributed by atoms with Gasteiger partial charge in [0, 0.05) is 0 Å². The highest BCUT2D eigenvalue weighted by molar-refractivity contribution is 5.75. The van der Waals surface area contributed by atoms with Crippen LogP contribution in [0.4, 0.5) is 13.2 Å². The van der Waals surface area contributed by atoms with E-state index in [0.717, 1.165) is 22.1 Å². The number of aliphatic hydroxyl groups excluding tert-OH is 1. The number of hydrogen-bond acceptors (Lipinski definition) is 4. The number of halogens is 3. The lowest BCUT2D eigenvalue weighted by Gasteiger charge is -2.14. The monoisotopic (exact) mass is 352 g/mol. The summed E-state index contributed by atoms with van der Waals surface area (Å²) in [6, 6.07) is 7.40. The number of benzene rings is 1. The van der Waals surface area contributed by atoms with Crippen molar-refractivity contribution >= 4 is 11.0 Å². The van der Waals surface area contributed by atoms with E-state index in [0.29, 0.717) is 5.65 Å². The van der Waals surface area contributed by atoms with Crippen LogP contribution in [0.3, 0.4) is 0 Å². The van der Waals surface area contributed by atoms with Crippen LogP contribution in [0.15, 0.2) is 41.6 Å². The molecular formula is C16H15F3N4O2. The molecule has 9 heteroatoms. The summed E-state index contributed by atoms with van der Waals surface area (Å²) in [6.07, 6.45) is -5.16. The van der Waals surface area contributed by atoms with E-state index in [1.165, 1.54) is 10.9 Å². The number of para-hydroxylation sites is 1. The Bertz CT molecular complexity index is 962. The minimum atomic E-state index is -4.50. The highest BCUT2D eigenvalue weighted by atomic mass is 19.4. The quantitative estimate of drug-likeness (QED) is 0.781. The van der Waals surface area contributed by atoms with Crippen molar-refractivity contribution < 1.29 is 18.3 Å². The third-order valence-corrected chi connectivity index (χ3v) is 3.77. The van der Waals surface area contributed by atoms with Gasteiger partial charge in [-0.1, -0.05) is 18.2 Å². The molecule has 0 aliphatic carbocycles. The minimum Gasteiger partial charge on any atom is -0.391 e. The summed E-state index contributed by atoms with van der Waals surface area (Å²) in [7, 11) is 0. The fourth-order valence-electron chi connectivity index (χ4n) is 2.61. The second-order valence-corrected chi connectivity index (χ2v) is 5.76. The highest BCUT2D eigenvalue weighted by Gasteiger charge is 2.31. The standard InChI is InChI=1S/C16H15F3N4O2/c1-10-4-2-3-5-13(10)23-14-12(7-21-23)15(25)22(9-20-14)8-11(24)6-16(17,18)19/h2-5,7,9,11,24H,6,8H2,1H3. The molecule has 3 rings (SSSR count). The summed E-state index contributed by atoms with van der Waals surface area (Å²) in [5.41, 5.74) is 1.44. The maximum Gasteiger partial charge on any atom is 0.391 e. The average molecular weight is 352 g/mol. The SMILES string of the molecule is Cc1ccccc1-n1ncc2c(=O)n(CC(O)CC(F)(F)F)cnc21. The van der Waals surface area contributed by atoms with E-state index in [1.54, 1.807) is 0 Å². The molecule has 0 saturated carbocycles. The van der Waals surface area contributed by atoms with Crippen LogP contribution in [-0.4, -0.2) is 36.7 Å². The van der Waals surface area contributed by atoms with Gasteiger partial charge in [-0.15, -0.1) is 0 Å². The summed E-state index contributed by atoms with van der Waals surface area (Å²) in [5, 5.41) is 13.9. The molecule has 6 nitrogen and oxygen atoms in total. The molecule has 2 aromatic heterocycles. The summed E-state index contributed by atoms with van der Waals surface area (Å²) >= 11 is 0. The van der Waals surface area contributed by atoms with E-state index in [1.807, 2.05) is 31.2 Å². The molecule has 0 saturated heterocycles. The fourth-order valence-corrected chi connectivity index (χ4v) is 2.61. The molecule has 1 aromatic carbocycles. The third kappa shape index (κ3) is 3.55. The van der Waals surface area contributed by atoms with Gasteiger partial charge in [0.05, 0.1) is 31.0 Å². The van der Waals surface area contributed by atoms with Gasteiger partial charge in [0.2, 0.25) is 0 Å². The fraction of sp³-hybridized carbons (Fsp3) is 0.312. The number of aryl methyl sites for hydroxylation is 1. The first-order chi connectivity index (χ1) is 11.8. The Hall–Kier alpha value is -2.68. The van der Waals surface area contributed by atoms with Crippen LogP contribution in [0.1, 0.15) is 12.0 Å². The highest BCUT2D eigenvalue weighted by Crippen LogP contribution is 2.22. The lowest BCUT2D eigenvalue weighted by Crippen LogP contribution is -2.30. The Morgan fingerprint density at radius 3 is 2.68 bits per heavy atom. The molecule has 1 atom stereocenters. The Kier molecular flexibility index (Phi) is 4.34. The van der Waals surface area contributed by atoms with Gasteiger partial charge < -0.3 is 5.11 Å². The average Bonchev–Trinajstić information content (AvgIpc) is 2.93. The lowest BCUT2D eigenvalue weighted by atomic mass is 10.2. The molecule has 0 amide bonds. The number of aromatic nitrogens is 4. The molecule has 1 unspecified atom stereocenters. The minimum absolute atomic E-state index is 0.171. The van der Waals surface area contributed by atoms with Gasteiger partial charge in [0.15, 0.2) is 5.65 Å². The molecule has 25 heavy (non-hydrogen) atoms. The van der Waals surface area contributed by atoms with Crippen LogP contribution >= 0.6 is 0 Å². The molecule has 132 valence electrons. The van der Waals surface area contributed by atoms with E-state index >= 15 is 0 Å². The van der Waals surface area contributed by atoms with Crippen molar-refractivity contribution in [2.45, 2.75) is 32.2 Å². The zero-order valence-electron chi connectivity index (χ0n) is 13.2. The first kappa shape index (κ1) is 17.2. The van der Waals surface area contributed by atoms with Crippen molar-refractivity contribution in [1.29, 1.82) is 0 Å². The van der Waals surface area contributed by atoms with Crippen LogP contribution in [0.2, 0.25) is 0 Å². The molecular weight excluding hydrogens is 337 g/mol. The summed E-state index contributed by atoms with van der Waals surface area (Å²) in [6.45, 7) is 1.40.